The summed E-state index contributed by atoms with van der Waals surface area (Å²) >= 11 is 0. The number of hydrogen-bond acceptors (Lipinski definition) is 1. The lowest BCUT2D eigenvalue weighted by Crippen LogP contribution is -2.65. The molecule has 4 heteroatoms. The molecule has 0 saturated carbocycles. The van der Waals surface area contributed by atoms with Gasteiger partial charge >= 0.3 is 9.20 Å². The molecule has 0 heterocycles. The maximum absolute atomic E-state index is 5.88. The largest absolute Gasteiger partial charge is 0.428 e. The standard InChI is InChI=1S/C9H26NOSi2/c1-8-11-13(7)10(4,9(2)3)12(5)6/h9,12-13H,8H2,1-7H3/q+1. The van der Waals surface area contributed by atoms with Gasteiger partial charge in [0.05, 0.1) is 6.04 Å². The van der Waals surface area contributed by atoms with E-state index in [1.54, 1.807) is 0 Å². The lowest BCUT2D eigenvalue weighted by atomic mass is 10.4. The van der Waals surface area contributed by atoms with E-state index in [9.17, 15) is 0 Å². The van der Waals surface area contributed by atoms with Crippen LogP contribution in [0.2, 0.25) is 19.6 Å². The molecule has 0 aromatic rings. The second kappa shape index (κ2) is 5.29. The summed E-state index contributed by atoms with van der Waals surface area (Å²) in [6, 6.07) is 0.722. The van der Waals surface area contributed by atoms with E-state index >= 15 is 0 Å². The fraction of sp³-hybridized carbons (Fsp3) is 1.00. The molecular formula is C9H26NOSi2+. The van der Waals surface area contributed by atoms with Crippen LogP contribution in [0.15, 0.2) is 0 Å². The molecule has 0 radical (unpaired) electrons. The summed E-state index contributed by atoms with van der Waals surface area (Å²) in [7, 11) is 0.675. The summed E-state index contributed by atoms with van der Waals surface area (Å²) < 4.78 is 7.13. The molecule has 0 rings (SSSR count). The van der Waals surface area contributed by atoms with Gasteiger partial charge in [0, 0.05) is 20.2 Å². The first-order valence-corrected chi connectivity index (χ1v) is 10.3. The molecule has 13 heavy (non-hydrogen) atoms. The molecular weight excluding hydrogens is 194 g/mol. The number of nitrogens with zero attached hydrogens (tertiary/aromatic N) is 1. The molecule has 80 valence electrons. The number of rotatable bonds is 5. The van der Waals surface area contributed by atoms with E-state index in [0.29, 0.717) is 0 Å². The van der Waals surface area contributed by atoms with Crippen molar-refractivity contribution in [1.82, 2.24) is 0 Å². The van der Waals surface area contributed by atoms with Crippen LogP contribution in [-0.2, 0) is 4.43 Å². The fourth-order valence-electron chi connectivity index (χ4n) is 1.84. The molecule has 0 N–H and O–H groups in total. The highest BCUT2D eigenvalue weighted by molar-refractivity contribution is 6.59. The van der Waals surface area contributed by atoms with Gasteiger partial charge in [0.1, 0.15) is 0 Å². The van der Waals surface area contributed by atoms with Crippen molar-refractivity contribution in [3.63, 3.8) is 0 Å². The first-order valence-electron chi connectivity index (χ1n) is 5.34. The van der Waals surface area contributed by atoms with Crippen molar-refractivity contribution in [3.8, 4) is 0 Å². The molecule has 0 aliphatic rings. The Bertz CT molecular complexity index is 143. The van der Waals surface area contributed by atoms with Gasteiger partial charge in [-0.3, -0.25) is 0 Å². The minimum absolute atomic E-state index is 0.674. The normalized spacial score (nSPS) is 19.2. The Labute approximate surface area is 87.0 Å². The third-order valence-electron chi connectivity index (χ3n) is 3.42. The van der Waals surface area contributed by atoms with Crippen LogP contribution in [0.3, 0.4) is 0 Å². The van der Waals surface area contributed by atoms with E-state index in [4.69, 9.17) is 4.43 Å². The van der Waals surface area contributed by atoms with Gasteiger partial charge in [-0.15, -0.1) is 0 Å². The molecule has 0 saturated heterocycles. The Morgan fingerprint density at radius 2 is 1.69 bits per heavy atom. The molecule has 0 spiro atoms. The summed E-state index contributed by atoms with van der Waals surface area (Å²) in [6.07, 6.45) is 0. The SMILES string of the molecule is CCO[SiH](C)[N+](C)(C(C)C)[SiH](C)C. The molecule has 2 atom stereocenters. The molecule has 0 bridgehead atoms. The molecule has 2 nitrogen and oxygen atoms in total. The van der Waals surface area contributed by atoms with E-state index < -0.39 is 18.2 Å². The zero-order valence-electron chi connectivity index (χ0n) is 10.3. The summed E-state index contributed by atoms with van der Waals surface area (Å²) in [5.41, 5.74) is 0. The van der Waals surface area contributed by atoms with E-state index in [0.717, 1.165) is 12.6 Å². The van der Waals surface area contributed by atoms with Crippen molar-refractivity contribution in [1.29, 1.82) is 0 Å². The maximum atomic E-state index is 5.88. The Morgan fingerprint density at radius 1 is 1.23 bits per heavy atom. The van der Waals surface area contributed by atoms with Crippen LogP contribution >= 0.6 is 0 Å². The highest BCUT2D eigenvalue weighted by atomic mass is 28.4. The molecule has 0 aliphatic heterocycles. The highest BCUT2D eigenvalue weighted by Gasteiger charge is 2.38. The quantitative estimate of drug-likeness (QED) is 0.641. The summed E-state index contributed by atoms with van der Waals surface area (Å²) in [4.78, 5) is 0. The van der Waals surface area contributed by atoms with Gasteiger partial charge < -0.3 is 8.24 Å². The molecule has 0 fully saturated rings. The van der Waals surface area contributed by atoms with Crippen LogP contribution in [0.5, 0.6) is 0 Å². The third kappa shape index (κ3) is 2.90. The predicted molar refractivity (Wildman–Crippen MR) is 64.8 cm³/mol. The minimum atomic E-state index is -1.05. The van der Waals surface area contributed by atoms with Crippen molar-refractivity contribution in [2.45, 2.75) is 46.5 Å². The van der Waals surface area contributed by atoms with Gasteiger partial charge in [-0.1, -0.05) is 0 Å². The van der Waals surface area contributed by atoms with Crippen molar-refractivity contribution in [3.05, 3.63) is 0 Å². The lowest BCUT2D eigenvalue weighted by Gasteiger charge is -2.47. The fourth-order valence-corrected chi connectivity index (χ4v) is 8.29. The van der Waals surface area contributed by atoms with Crippen LogP contribution in [0.4, 0.5) is 0 Å². The zero-order valence-corrected chi connectivity index (χ0v) is 12.6. The first-order chi connectivity index (χ1) is 5.87. The van der Waals surface area contributed by atoms with E-state index in [1.807, 2.05) is 0 Å². The second-order valence-electron chi connectivity index (χ2n) is 4.46. The van der Waals surface area contributed by atoms with Crippen LogP contribution in [0, 0.1) is 0 Å². The van der Waals surface area contributed by atoms with Crippen LogP contribution in [0.1, 0.15) is 20.8 Å². The zero-order chi connectivity index (χ0) is 10.6. The van der Waals surface area contributed by atoms with Gasteiger partial charge in [0.25, 0.3) is 0 Å². The van der Waals surface area contributed by atoms with E-state index in [-0.39, 0.29) is 0 Å². The van der Waals surface area contributed by atoms with Crippen LogP contribution in [-0.4, -0.2) is 41.7 Å². The monoisotopic (exact) mass is 220 g/mol. The Hall–Kier alpha value is 0.354. The van der Waals surface area contributed by atoms with Crippen LogP contribution < -0.4 is 0 Å². The smallest absolute Gasteiger partial charge is 0.400 e. The minimum Gasteiger partial charge on any atom is -0.428 e. The van der Waals surface area contributed by atoms with Crippen molar-refractivity contribution < 1.29 is 8.24 Å². The van der Waals surface area contributed by atoms with E-state index in [1.165, 1.54) is 3.81 Å². The van der Waals surface area contributed by atoms with E-state index in [2.05, 4.69) is 47.5 Å². The molecule has 0 amide bonds. The van der Waals surface area contributed by atoms with Crippen molar-refractivity contribution >= 4 is 18.2 Å². The number of hydrogen-bond donors (Lipinski definition) is 0. The highest BCUT2D eigenvalue weighted by Crippen LogP contribution is 2.17. The first kappa shape index (κ1) is 13.4. The molecule has 0 aliphatic carbocycles. The third-order valence-corrected chi connectivity index (χ3v) is 12.3. The molecule has 2 unspecified atom stereocenters. The second-order valence-corrected chi connectivity index (χ2v) is 11.0. The molecule has 0 aromatic heterocycles. The summed E-state index contributed by atoms with van der Waals surface area (Å²) in [5.74, 6) is 0. The van der Waals surface area contributed by atoms with Gasteiger partial charge in [-0.05, 0) is 33.9 Å². The Kier molecular flexibility index (Phi) is 5.43. The molecule has 0 aromatic carbocycles. The van der Waals surface area contributed by atoms with Crippen LogP contribution in [0.25, 0.3) is 0 Å². The topological polar surface area (TPSA) is 9.23 Å². The van der Waals surface area contributed by atoms with Gasteiger partial charge in [-0.2, -0.15) is 0 Å². The Morgan fingerprint density at radius 3 is 1.92 bits per heavy atom. The lowest BCUT2D eigenvalue weighted by molar-refractivity contribution is -0.728. The predicted octanol–water partition coefficient (Wildman–Crippen LogP) is 1.71. The van der Waals surface area contributed by atoms with Gasteiger partial charge in [-0.25, -0.2) is 0 Å². The van der Waals surface area contributed by atoms with Crippen molar-refractivity contribution in [2.24, 2.45) is 0 Å². The average Bonchev–Trinajstić information content (AvgIpc) is 2.02. The van der Waals surface area contributed by atoms with Gasteiger partial charge in [0.2, 0.25) is 8.96 Å². The summed E-state index contributed by atoms with van der Waals surface area (Å²) in [6.45, 7) is 14.9. The van der Waals surface area contributed by atoms with Crippen molar-refractivity contribution in [2.75, 3.05) is 13.7 Å². The average molecular weight is 220 g/mol. The number of quaternary nitrogens is 1. The summed E-state index contributed by atoms with van der Waals surface area (Å²) in [5, 5.41) is 0. The van der Waals surface area contributed by atoms with Gasteiger partial charge in [0.15, 0.2) is 0 Å². The Balaban J connectivity index is 4.58. The maximum Gasteiger partial charge on any atom is 0.400 e.